The number of rotatable bonds is 16. The highest BCUT2D eigenvalue weighted by Gasteiger charge is 2.22. The van der Waals surface area contributed by atoms with E-state index in [-0.39, 0.29) is 6.61 Å². The van der Waals surface area contributed by atoms with E-state index in [1.165, 1.54) is 0 Å². The number of benzene rings is 4. The number of methoxy groups -OCH3 is 2. The standard InChI is InChI=1S/C43H53N3O10/c1-31-7-11-35-39(25-31)56-40-28-34(44-15-5-19-54-55-20-6-18-53-47)10-12-36(40)43(35)33-9-14-38-42(27-33)52-24-23-51-41-26-32(2)8-13-37(41)45(16-21-48-3)29-50-30-46(38)17-22-49-4/h7-14,25-28,47H,5-6,15-24,29-30H2,1-4H3. The minimum absolute atomic E-state index is 0.200. The van der Waals surface area contributed by atoms with E-state index in [0.29, 0.717) is 91.3 Å². The largest absolute Gasteiger partial charge is 0.488 e. The van der Waals surface area contributed by atoms with Crippen LogP contribution in [-0.2, 0) is 28.9 Å². The van der Waals surface area contributed by atoms with Gasteiger partial charge in [0.1, 0.15) is 49.5 Å². The quantitative estimate of drug-likeness (QED) is 0.0470. The first-order chi connectivity index (χ1) is 27.5. The summed E-state index contributed by atoms with van der Waals surface area (Å²) in [4.78, 5) is 23.4. The number of fused-ring (bicyclic) bond motifs is 4. The molecule has 13 heteroatoms. The summed E-state index contributed by atoms with van der Waals surface area (Å²) in [5, 5.41) is 10.2. The Kier molecular flexibility index (Phi) is 15.3. The maximum absolute atomic E-state index is 8.40. The fraction of sp³-hybridized carbons (Fsp3) is 0.419. The molecule has 1 aliphatic carbocycles. The lowest BCUT2D eigenvalue weighted by Gasteiger charge is -2.30. The van der Waals surface area contributed by atoms with Crippen molar-refractivity contribution in [3.8, 4) is 33.9 Å². The van der Waals surface area contributed by atoms with Crippen LogP contribution in [0.5, 0.6) is 11.5 Å². The Balaban J connectivity index is 1.32. The molecule has 2 heterocycles. The molecule has 0 spiro atoms. The first-order valence-corrected chi connectivity index (χ1v) is 19.0. The summed E-state index contributed by atoms with van der Waals surface area (Å²) < 4.78 is 36.9. The number of aryl methyl sites for hydroxylation is 2. The summed E-state index contributed by atoms with van der Waals surface area (Å²) in [6.07, 6.45) is 1.22. The Morgan fingerprint density at radius 2 is 1.36 bits per heavy atom. The van der Waals surface area contributed by atoms with Crippen LogP contribution in [0.15, 0.2) is 82.2 Å². The van der Waals surface area contributed by atoms with Gasteiger partial charge in [-0.05, 0) is 79.4 Å². The Bertz CT molecular complexity index is 2040. The van der Waals surface area contributed by atoms with E-state index in [1.807, 2.05) is 18.2 Å². The van der Waals surface area contributed by atoms with Gasteiger partial charge in [0.05, 0.1) is 49.8 Å². The Hall–Kier alpha value is -4.73. The molecule has 0 atom stereocenters. The third-order valence-corrected chi connectivity index (χ3v) is 9.36. The molecule has 3 aromatic carbocycles. The van der Waals surface area contributed by atoms with Crippen LogP contribution >= 0.6 is 0 Å². The van der Waals surface area contributed by atoms with E-state index in [4.69, 9.17) is 48.1 Å². The summed E-state index contributed by atoms with van der Waals surface area (Å²) in [6.45, 7) is 9.21. The maximum atomic E-state index is 8.40. The van der Waals surface area contributed by atoms with E-state index >= 15 is 0 Å². The molecule has 3 aromatic rings. The third kappa shape index (κ3) is 10.8. The predicted octanol–water partition coefficient (Wildman–Crippen LogP) is 7.25. The smallest absolute Gasteiger partial charge is 0.143 e. The highest BCUT2D eigenvalue weighted by molar-refractivity contribution is 6.02. The van der Waals surface area contributed by atoms with Crippen LogP contribution in [0.3, 0.4) is 0 Å². The maximum Gasteiger partial charge on any atom is 0.143 e. The zero-order valence-electron chi connectivity index (χ0n) is 32.8. The van der Waals surface area contributed by atoms with Gasteiger partial charge in [0, 0.05) is 62.9 Å². The van der Waals surface area contributed by atoms with Gasteiger partial charge in [0.15, 0.2) is 0 Å². The molecule has 0 aromatic heterocycles. The van der Waals surface area contributed by atoms with Crippen LogP contribution in [0.25, 0.3) is 33.4 Å². The molecule has 300 valence electrons. The first-order valence-electron chi connectivity index (χ1n) is 19.0. The summed E-state index contributed by atoms with van der Waals surface area (Å²) in [5.74, 6) is 2.21. The van der Waals surface area contributed by atoms with Crippen molar-refractivity contribution in [2.75, 3.05) is 103 Å². The van der Waals surface area contributed by atoms with Crippen molar-refractivity contribution >= 4 is 22.3 Å². The summed E-state index contributed by atoms with van der Waals surface area (Å²) in [6, 6.07) is 24.9. The van der Waals surface area contributed by atoms with Gasteiger partial charge < -0.3 is 37.9 Å². The molecule has 0 saturated heterocycles. The Labute approximate surface area is 328 Å². The SMILES string of the molecule is COCCN1COCN(CCOC)c2ccc(-c3c4ccc(=NCCCOOCCCOO)cc-4oc4cc(C)ccc34)cc2OCCOc2cc(C)ccc21. The molecule has 3 aliphatic rings. The lowest BCUT2D eigenvalue weighted by Crippen LogP contribution is -2.35. The lowest BCUT2D eigenvalue weighted by molar-refractivity contribution is -0.302. The van der Waals surface area contributed by atoms with E-state index in [0.717, 1.165) is 67.0 Å². The molecular formula is C43H53N3O10. The van der Waals surface area contributed by atoms with E-state index < -0.39 is 0 Å². The van der Waals surface area contributed by atoms with Crippen molar-refractivity contribution in [3.63, 3.8) is 0 Å². The van der Waals surface area contributed by atoms with Gasteiger partial charge in [-0.1, -0.05) is 24.3 Å². The fourth-order valence-corrected chi connectivity index (χ4v) is 6.55. The van der Waals surface area contributed by atoms with Crippen molar-refractivity contribution in [1.29, 1.82) is 0 Å². The zero-order chi connectivity index (χ0) is 39.1. The molecule has 56 heavy (non-hydrogen) atoms. The Morgan fingerprint density at radius 3 is 2.07 bits per heavy atom. The molecule has 2 aliphatic heterocycles. The minimum atomic E-state index is 0.200. The topological polar surface area (TPSA) is 126 Å². The van der Waals surface area contributed by atoms with Crippen molar-refractivity contribution in [2.45, 2.75) is 26.7 Å². The normalized spacial score (nSPS) is 14.1. The second-order valence-corrected chi connectivity index (χ2v) is 13.5. The summed E-state index contributed by atoms with van der Waals surface area (Å²) in [5.41, 5.74) is 7.79. The highest BCUT2D eigenvalue weighted by atomic mass is 17.2. The molecule has 0 unspecified atom stereocenters. The molecule has 0 radical (unpaired) electrons. The minimum Gasteiger partial charge on any atom is -0.488 e. The van der Waals surface area contributed by atoms with Crippen LogP contribution in [0.1, 0.15) is 24.0 Å². The first kappa shape index (κ1) is 40.9. The van der Waals surface area contributed by atoms with Crippen LogP contribution in [-0.4, -0.2) is 98.8 Å². The van der Waals surface area contributed by atoms with Crippen LogP contribution in [0.2, 0.25) is 0 Å². The average Bonchev–Trinajstić information content (AvgIpc) is 3.21. The molecule has 0 fully saturated rings. The molecule has 1 N–H and O–H groups in total. The third-order valence-electron chi connectivity index (χ3n) is 9.36. The number of nitrogens with zero attached hydrogens (tertiary/aromatic N) is 3. The van der Waals surface area contributed by atoms with Crippen molar-refractivity contribution in [3.05, 3.63) is 89.3 Å². The van der Waals surface area contributed by atoms with Crippen molar-refractivity contribution < 1.29 is 48.0 Å². The molecule has 13 nitrogen and oxygen atoms in total. The molecule has 6 rings (SSSR count). The predicted molar refractivity (Wildman–Crippen MR) is 215 cm³/mol. The van der Waals surface area contributed by atoms with Crippen LogP contribution in [0.4, 0.5) is 11.4 Å². The number of hydrogen-bond donors (Lipinski definition) is 1. The number of anilines is 2. The zero-order valence-corrected chi connectivity index (χ0v) is 32.8. The number of hydrogen-bond acceptors (Lipinski definition) is 13. The Morgan fingerprint density at radius 1 is 0.696 bits per heavy atom. The van der Waals surface area contributed by atoms with Gasteiger partial charge in [-0.3, -0.25) is 10.2 Å². The van der Waals surface area contributed by atoms with Gasteiger partial charge in [0.2, 0.25) is 0 Å². The fourth-order valence-electron chi connectivity index (χ4n) is 6.55. The van der Waals surface area contributed by atoms with Gasteiger partial charge in [-0.15, -0.1) is 0 Å². The van der Waals surface area contributed by atoms with E-state index in [1.54, 1.807) is 14.2 Å². The van der Waals surface area contributed by atoms with Gasteiger partial charge in [-0.25, -0.2) is 14.7 Å². The number of ether oxygens (including phenoxy) is 5. The highest BCUT2D eigenvalue weighted by Crippen LogP contribution is 2.43. The monoisotopic (exact) mass is 771 g/mol. The summed E-state index contributed by atoms with van der Waals surface area (Å²) >= 11 is 0. The van der Waals surface area contributed by atoms with E-state index in [9.17, 15) is 0 Å². The van der Waals surface area contributed by atoms with Crippen LogP contribution in [0, 0.1) is 13.8 Å². The van der Waals surface area contributed by atoms with Crippen molar-refractivity contribution in [2.24, 2.45) is 4.99 Å². The lowest BCUT2D eigenvalue weighted by atomic mass is 9.93. The molecular weight excluding hydrogens is 718 g/mol. The second-order valence-electron chi connectivity index (χ2n) is 13.5. The second kappa shape index (κ2) is 21.0. The molecule has 0 bridgehead atoms. The van der Waals surface area contributed by atoms with Gasteiger partial charge >= 0.3 is 0 Å². The van der Waals surface area contributed by atoms with E-state index in [2.05, 4.69) is 83.1 Å². The summed E-state index contributed by atoms with van der Waals surface area (Å²) in [7, 11) is 3.40. The van der Waals surface area contributed by atoms with Gasteiger partial charge in [-0.2, -0.15) is 0 Å². The van der Waals surface area contributed by atoms with Crippen LogP contribution < -0.4 is 24.6 Å². The van der Waals surface area contributed by atoms with Crippen molar-refractivity contribution in [1.82, 2.24) is 0 Å². The molecule has 0 saturated carbocycles. The average molecular weight is 772 g/mol. The molecule has 0 amide bonds. The van der Waals surface area contributed by atoms with Gasteiger partial charge in [0.25, 0.3) is 0 Å².